The van der Waals surface area contributed by atoms with Gasteiger partial charge in [-0.15, -0.1) is 0 Å². The minimum Gasteiger partial charge on any atom is -0.481 e. The van der Waals surface area contributed by atoms with Crippen LogP contribution in [0.3, 0.4) is 0 Å². The highest BCUT2D eigenvalue weighted by atomic mass is 16.5. The summed E-state index contributed by atoms with van der Waals surface area (Å²) in [5.74, 6) is -2.01. The van der Waals surface area contributed by atoms with Crippen LogP contribution in [0.5, 0.6) is 0 Å². The van der Waals surface area contributed by atoms with E-state index in [1.807, 2.05) is 0 Å². The van der Waals surface area contributed by atoms with Gasteiger partial charge in [-0.3, -0.25) is 10.1 Å². The first-order valence-electron chi connectivity index (χ1n) is 6.36. The van der Waals surface area contributed by atoms with Crippen LogP contribution < -0.4 is 5.32 Å². The van der Waals surface area contributed by atoms with Crippen molar-refractivity contribution in [1.29, 1.82) is 0 Å². The number of aliphatic hydroxyl groups excluding tert-OH is 1. The number of aliphatic carboxylic acids is 2. The molecule has 4 N–H and O–H groups in total. The molecule has 0 saturated carbocycles. The smallest absolute Gasteiger partial charge is 0.411 e. The van der Waals surface area contributed by atoms with E-state index in [1.54, 1.807) is 31.2 Å². The molecule has 0 aliphatic carbocycles. The maximum Gasteiger partial charge on any atom is 0.411 e. The fourth-order valence-corrected chi connectivity index (χ4v) is 1.20. The molecule has 0 spiro atoms. The van der Waals surface area contributed by atoms with E-state index < -0.39 is 24.1 Å². The molecule has 0 radical (unpaired) electrons. The summed E-state index contributed by atoms with van der Waals surface area (Å²) in [5, 5.41) is 27.8. The van der Waals surface area contributed by atoms with Crippen LogP contribution in [0.1, 0.15) is 18.9 Å². The number of rotatable bonds is 5. The quantitative estimate of drug-likeness (QED) is 0.644. The van der Waals surface area contributed by atoms with E-state index in [0.29, 0.717) is 11.3 Å². The molecule has 0 aliphatic rings. The number of carboxylic acids is 2. The number of benzene rings is 1. The van der Waals surface area contributed by atoms with Gasteiger partial charge in [0, 0.05) is 18.5 Å². The average Bonchev–Trinajstić information content (AvgIpc) is 2.49. The first-order chi connectivity index (χ1) is 10.3. The second kappa shape index (κ2) is 10.2. The number of hydrogen-bond donors (Lipinski definition) is 4. The van der Waals surface area contributed by atoms with Crippen molar-refractivity contribution in [3.05, 3.63) is 29.8 Å². The fraction of sp³-hybridized carbons (Fsp3) is 0.357. The summed E-state index contributed by atoms with van der Waals surface area (Å²) in [4.78, 5) is 30.7. The molecule has 8 heteroatoms. The predicted octanol–water partition coefficient (Wildman–Crippen LogP) is 1.33. The van der Waals surface area contributed by atoms with Gasteiger partial charge in [0.25, 0.3) is 0 Å². The zero-order valence-corrected chi connectivity index (χ0v) is 12.3. The lowest BCUT2D eigenvalue weighted by atomic mass is 10.1. The topological polar surface area (TPSA) is 133 Å². The number of anilines is 1. The van der Waals surface area contributed by atoms with Crippen molar-refractivity contribution < 1.29 is 34.4 Å². The van der Waals surface area contributed by atoms with Gasteiger partial charge >= 0.3 is 18.0 Å². The highest BCUT2D eigenvalue weighted by molar-refractivity contribution is 5.84. The molecule has 1 unspecified atom stereocenters. The second-order valence-corrected chi connectivity index (χ2v) is 4.12. The van der Waals surface area contributed by atoms with E-state index in [9.17, 15) is 14.4 Å². The molecule has 1 aromatic rings. The molecule has 0 bridgehead atoms. The van der Waals surface area contributed by atoms with E-state index in [0.717, 1.165) is 0 Å². The fourth-order valence-electron chi connectivity index (χ4n) is 1.20. The summed E-state index contributed by atoms with van der Waals surface area (Å²) in [6.45, 7) is 1.60. The van der Waals surface area contributed by atoms with Crippen molar-refractivity contribution in [1.82, 2.24) is 0 Å². The Balaban J connectivity index is 0.000000763. The molecule has 0 fully saturated rings. The molecule has 122 valence electrons. The number of nitrogens with one attached hydrogen (secondary N) is 1. The van der Waals surface area contributed by atoms with E-state index in [1.165, 1.54) is 7.11 Å². The van der Waals surface area contributed by atoms with Crippen LogP contribution in [0, 0.1) is 0 Å². The van der Waals surface area contributed by atoms with Gasteiger partial charge in [-0.25, -0.2) is 9.59 Å². The Morgan fingerprint density at radius 1 is 1.18 bits per heavy atom. The van der Waals surface area contributed by atoms with Gasteiger partial charge in [-0.05, 0) is 17.7 Å². The van der Waals surface area contributed by atoms with Crippen LogP contribution in [0.15, 0.2) is 24.3 Å². The molecule has 1 amide bonds. The van der Waals surface area contributed by atoms with Gasteiger partial charge in [0.2, 0.25) is 0 Å². The molecule has 1 rings (SSSR count). The number of carboxylic acid groups (broad SMARTS) is 2. The molecule has 22 heavy (non-hydrogen) atoms. The Hall–Kier alpha value is -2.61. The summed E-state index contributed by atoms with van der Waals surface area (Å²) in [5.41, 5.74) is 1.20. The SMILES string of the molecule is CCC(=O)O.COC(=O)Nc1ccc(CC(O)C(=O)O)cc1. The third kappa shape index (κ3) is 8.54. The van der Waals surface area contributed by atoms with Crippen molar-refractivity contribution in [3.8, 4) is 0 Å². The first kappa shape index (κ1) is 19.4. The largest absolute Gasteiger partial charge is 0.481 e. The summed E-state index contributed by atoms with van der Waals surface area (Å²) >= 11 is 0. The van der Waals surface area contributed by atoms with Crippen molar-refractivity contribution in [2.45, 2.75) is 25.9 Å². The minimum atomic E-state index is -1.42. The summed E-state index contributed by atoms with van der Waals surface area (Å²) in [6.07, 6.45) is -1.76. The molecule has 8 nitrogen and oxygen atoms in total. The van der Waals surface area contributed by atoms with Crippen molar-refractivity contribution in [2.75, 3.05) is 12.4 Å². The zero-order valence-electron chi connectivity index (χ0n) is 12.3. The number of hydrogen-bond acceptors (Lipinski definition) is 5. The molecule has 1 atom stereocenters. The number of amides is 1. The minimum absolute atomic E-state index is 0.0217. The third-order valence-electron chi connectivity index (χ3n) is 2.40. The normalized spacial score (nSPS) is 10.7. The molecule has 1 aromatic carbocycles. The molecular weight excluding hydrogens is 294 g/mol. The third-order valence-corrected chi connectivity index (χ3v) is 2.40. The lowest BCUT2D eigenvalue weighted by molar-refractivity contribution is -0.146. The zero-order chi connectivity index (χ0) is 17.1. The van der Waals surface area contributed by atoms with Crippen molar-refractivity contribution in [2.24, 2.45) is 0 Å². The van der Waals surface area contributed by atoms with E-state index in [2.05, 4.69) is 10.1 Å². The second-order valence-electron chi connectivity index (χ2n) is 4.12. The molecule has 0 aliphatic heterocycles. The Labute approximate surface area is 127 Å². The van der Waals surface area contributed by atoms with Gasteiger partial charge < -0.3 is 20.1 Å². The standard InChI is InChI=1S/C11H13NO5.C3H6O2/c1-17-11(16)12-8-4-2-7(3-5-8)6-9(13)10(14)15;1-2-3(4)5/h2-5,9,13H,6H2,1H3,(H,12,16)(H,14,15);2H2,1H3,(H,4,5). The van der Waals surface area contributed by atoms with Crippen molar-refractivity contribution in [3.63, 3.8) is 0 Å². The number of aliphatic hydroxyl groups is 1. The Kier molecular flexibility index (Phi) is 8.96. The van der Waals surface area contributed by atoms with Gasteiger partial charge in [0.05, 0.1) is 7.11 Å². The molecule has 0 heterocycles. The predicted molar refractivity (Wildman–Crippen MR) is 77.7 cm³/mol. The lowest BCUT2D eigenvalue weighted by Crippen LogP contribution is -2.21. The first-order valence-corrected chi connectivity index (χ1v) is 6.36. The van der Waals surface area contributed by atoms with Crippen LogP contribution in [0.4, 0.5) is 10.5 Å². The van der Waals surface area contributed by atoms with Gasteiger partial charge in [0.15, 0.2) is 6.10 Å². The van der Waals surface area contributed by atoms with Crippen LogP contribution in [0.25, 0.3) is 0 Å². The maximum atomic E-state index is 10.9. The Morgan fingerprint density at radius 2 is 1.68 bits per heavy atom. The number of ether oxygens (including phenoxy) is 1. The van der Waals surface area contributed by atoms with E-state index in [-0.39, 0.29) is 12.8 Å². The van der Waals surface area contributed by atoms with Gasteiger partial charge in [-0.2, -0.15) is 0 Å². The summed E-state index contributed by atoms with van der Waals surface area (Å²) in [6, 6.07) is 6.44. The lowest BCUT2D eigenvalue weighted by Gasteiger charge is -2.07. The highest BCUT2D eigenvalue weighted by Crippen LogP contribution is 2.11. The van der Waals surface area contributed by atoms with Crippen LogP contribution in [-0.2, 0) is 20.7 Å². The van der Waals surface area contributed by atoms with Crippen LogP contribution >= 0.6 is 0 Å². The Morgan fingerprint density at radius 3 is 2.05 bits per heavy atom. The van der Waals surface area contributed by atoms with Gasteiger partial charge in [0.1, 0.15) is 0 Å². The number of methoxy groups -OCH3 is 1. The highest BCUT2D eigenvalue weighted by Gasteiger charge is 2.13. The maximum absolute atomic E-state index is 10.9. The average molecular weight is 313 g/mol. The van der Waals surface area contributed by atoms with Crippen LogP contribution in [0.2, 0.25) is 0 Å². The van der Waals surface area contributed by atoms with E-state index in [4.69, 9.17) is 15.3 Å². The monoisotopic (exact) mass is 313 g/mol. The number of carbonyl (C=O) groups excluding carboxylic acids is 1. The van der Waals surface area contributed by atoms with Crippen LogP contribution in [-0.4, -0.2) is 46.6 Å². The number of carbonyl (C=O) groups is 3. The Bertz CT molecular complexity index is 498. The van der Waals surface area contributed by atoms with Gasteiger partial charge in [-0.1, -0.05) is 19.1 Å². The summed E-state index contributed by atoms with van der Waals surface area (Å²) < 4.78 is 4.41. The molecular formula is C14H19NO7. The van der Waals surface area contributed by atoms with E-state index >= 15 is 0 Å². The molecule has 0 saturated heterocycles. The summed E-state index contributed by atoms with van der Waals surface area (Å²) in [7, 11) is 1.26. The van der Waals surface area contributed by atoms with Crippen molar-refractivity contribution >= 4 is 23.7 Å². The molecule has 0 aromatic heterocycles.